The molecule has 0 fully saturated rings. The Morgan fingerprint density at radius 1 is 1.00 bits per heavy atom. The molecule has 0 bridgehead atoms. The third kappa shape index (κ3) is 7.20. The zero-order valence-corrected chi connectivity index (χ0v) is 15.8. The number of anilines is 1. The van der Waals surface area contributed by atoms with Gasteiger partial charge in [0.25, 0.3) is 0 Å². The lowest BCUT2D eigenvalue weighted by atomic mass is 10.2. The van der Waals surface area contributed by atoms with Crippen molar-refractivity contribution < 1.29 is 22.7 Å². The van der Waals surface area contributed by atoms with Crippen molar-refractivity contribution in [1.82, 2.24) is 4.72 Å². The van der Waals surface area contributed by atoms with Crippen molar-refractivity contribution in [2.45, 2.75) is 13.3 Å². The van der Waals surface area contributed by atoms with E-state index in [2.05, 4.69) is 10.0 Å². The maximum absolute atomic E-state index is 12.0. The fourth-order valence-electron chi connectivity index (χ4n) is 2.25. The lowest BCUT2D eigenvalue weighted by Gasteiger charge is -2.08. The first-order chi connectivity index (χ1) is 12.9. The Morgan fingerprint density at radius 3 is 2.30 bits per heavy atom. The molecule has 8 heteroatoms. The number of sulfonamides is 1. The summed E-state index contributed by atoms with van der Waals surface area (Å²) in [6.45, 7) is 1.63. The molecule has 2 rings (SSSR count). The number of nitrogens with one attached hydrogen (secondary N) is 2. The predicted molar refractivity (Wildman–Crippen MR) is 103 cm³/mol. The van der Waals surface area contributed by atoms with Crippen LogP contribution in [0.1, 0.15) is 22.8 Å². The summed E-state index contributed by atoms with van der Waals surface area (Å²) in [4.78, 5) is 23.5. The molecule has 0 aliphatic carbocycles. The van der Waals surface area contributed by atoms with Crippen LogP contribution in [0.15, 0.2) is 54.6 Å². The van der Waals surface area contributed by atoms with Gasteiger partial charge in [0.15, 0.2) is 0 Å². The van der Waals surface area contributed by atoms with E-state index in [0.717, 1.165) is 5.56 Å². The molecule has 0 aromatic heterocycles. The highest BCUT2D eigenvalue weighted by Crippen LogP contribution is 2.10. The van der Waals surface area contributed by atoms with E-state index in [9.17, 15) is 18.0 Å². The first-order valence-corrected chi connectivity index (χ1v) is 10.1. The van der Waals surface area contributed by atoms with Gasteiger partial charge in [-0.15, -0.1) is 0 Å². The molecule has 0 atom stereocenters. The van der Waals surface area contributed by atoms with Crippen molar-refractivity contribution in [3.05, 3.63) is 65.7 Å². The molecule has 0 heterocycles. The lowest BCUT2D eigenvalue weighted by molar-refractivity contribution is -0.115. The average Bonchev–Trinajstić information content (AvgIpc) is 2.67. The molecule has 2 aromatic carbocycles. The molecule has 2 aromatic rings. The Kier molecular flexibility index (Phi) is 7.51. The van der Waals surface area contributed by atoms with Crippen LogP contribution in [0.25, 0.3) is 0 Å². The van der Waals surface area contributed by atoms with Crippen molar-refractivity contribution in [3.63, 3.8) is 0 Å². The highest BCUT2D eigenvalue weighted by molar-refractivity contribution is 7.89. The minimum Gasteiger partial charge on any atom is -0.462 e. The number of carbonyl (C=O) groups is 2. The van der Waals surface area contributed by atoms with Gasteiger partial charge in [-0.3, -0.25) is 4.79 Å². The molecular weight excluding hydrogens is 368 g/mol. The van der Waals surface area contributed by atoms with E-state index < -0.39 is 21.9 Å². The number of amides is 1. The Hall–Kier alpha value is -2.71. The van der Waals surface area contributed by atoms with Crippen LogP contribution >= 0.6 is 0 Å². The molecule has 0 saturated carbocycles. The fourth-order valence-corrected chi connectivity index (χ4v) is 3.25. The summed E-state index contributed by atoms with van der Waals surface area (Å²) in [6, 6.07) is 15.4. The van der Waals surface area contributed by atoms with Crippen LogP contribution in [0.3, 0.4) is 0 Å². The number of hydrogen-bond acceptors (Lipinski definition) is 5. The zero-order chi connectivity index (χ0) is 19.7. The summed E-state index contributed by atoms with van der Waals surface area (Å²) in [7, 11) is -3.56. The summed E-state index contributed by atoms with van der Waals surface area (Å²) in [5.74, 6) is -1.04. The highest BCUT2D eigenvalue weighted by Gasteiger charge is 2.13. The maximum atomic E-state index is 12.0. The number of aryl methyl sites for hydroxylation is 1. The Bertz CT molecular complexity index is 865. The topological polar surface area (TPSA) is 102 Å². The predicted octanol–water partition coefficient (Wildman–Crippen LogP) is 1.96. The molecule has 0 unspecified atom stereocenters. The van der Waals surface area contributed by atoms with Crippen molar-refractivity contribution >= 4 is 27.6 Å². The van der Waals surface area contributed by atoms with Gasteiger partial charge < -0.3 is 10.1 Å². The minimum absolute atomic E-state index is 0.0987. The highest BCUT2D eigenvalue weighted by atomic mass is 32.2. The number of esters is 1. The van der Waals surface area contributed by atoms with E-state index in [1.807, 2.05) is 30.3 Å². The fraction of sp³-hybridized carbons (Fsp3) is 0.263. The quantitative estimate of drug-likeness (QED) is 0.638. The van der Waals surface area contributed by atoms with E-state index in [1.165, 1.54) is 12.1 Å². The van der Waals surface area contributed by atoms with E-state index in [0.29, 0.717) is 17.7 Å². The summed E-state index contributed by atoms with van der Waals surface area (Å²) in [5, 5.41) is 2.57. The minimum atomic E-state index is -3.56. The molecule has 0 aliphatic rings. The molecule has 1 amide bonds. The van der Waals surface area contributed by atoms with E-state index in [4.69, 9.17) is 4.74 Å². The van der Waals surface area contributed by atoms with Crippen LogP contribution in [0.5, 0.6) is 0 Å². The van der Waals surface area contributed by atoms with Crippen molar-refractivity contribution in [1.29, 1.82) is 0 Å². The lowest BCUT2D eigenvalue weighted by Crippen LogP contribution is -2.34. The number of ether oxygens (including phenoxy) is 1. The summed E-state index contributed by atoms with van der Waals surface area (Å²) in [5.41, 5.74) is 1.74. The van der Waals surface area contributed by atoms with Crippen molar-refractivity contribution in [2.24, 2.45) is 0 Å². The third-order valence-electron chi connectivity index (χ3n) is 3.63. The monoisotopic (exact) mass is 390 g/mol. The molecule has 144 valence electrons. The number of benzene rings is 2. The van der Waals surface area contributed by atoms with Gasteiger partial charge in [-0.25, -0.2) is 17.9 Å². The van der Waals surface area contributed by atoms with Gasteiger partial charge in [-0.05, 0) is 43.2 Å². The molecule has 0 spiro atoms. The van der Waals surface area contributed by atoms with Gasteiger partial charge in [-0.1, -0.05) is 30.3 Å². The van der Waals surface area contributed by atoms with E-state index in [-0.39, 0.29) is 18.9 Å². The number of carbonyl (C=O) groups excluding carboxylic acids is 2. The molecule has 0 radical (unpaired) electrons. The first-order valence-electron chi connectivity index (χ1n) is 8.48. The third-order valence-corrected chi connectivity index (χ3v) is 4.96. The van der Waals surface area contributed by atoms with Crippen LogP contribution in [0, 0.1) is 0 Å². The smallest absolute Gasteiger partial charge is 0.338 e. The SMILES string of the molecule is CCOC(=O)c1ccc(NC(=O)CNS(=O)(=O)CCc2ccccc2)cc1. The zero-order valence-electron chi connectivity index (χ0n) is 15.0. The molecule has 0 saturated heterocycles. The Balaban J connectivity index is 1.80. The van der Waals surface area contributed by atoms with Crippen LogP contribution < -0.4 is 10.0 Å². The summed E-state index contributed by atoms with van der Waals surface area (Å²) >= 11 is 0. The standard InChI is InChI=1S/C19H22N2O5S/c1-2-26-19(23)16-8-10-17(11-9-16)21-18(22)14-20-27(24,25)13-12-15-6-4-3-5-7-15/h3-11,20H,2,12-14H2,1H3,(H,21,22). The van der Waals surface area contributed by atoms with Crippen LogP contribution in [-0.2, 0) is 26.0 Å². The maximum Gasteiger partial charge on any atom is 0.338 e. The largest absolute Gasteiger partial charge is 0.462 e. The Labute approximate surface area is 158 Å². The van der Waals surface area contributed by atoms with Crippen LogP contribution in [-0.4, -0.2) is 39.2 Å². The summed E-state index contributed by atoms with van der Waals surface area (Å²) in [6.07, 6.45) is 0.368. The van der Waals surface area contributed by atoms with E-state index in [1.54, 1.807) is 19.1 Å². The van der Waals surface area contributed by atoms with Crippen molar-refractivity contribution in [2.75, 3.05) is 24.2 Å². The van der Waals surface area contributed by atoms with Crippen LogP contribution in [0.4, 0.5) is 5.69 Å². The number of hydrogen-bond donors (Lipinski definition) is 2. The molecule has 0 aliphatic heterocycles. The average molecular weight is 390 g/mol. The molecular formula is C19H22N2O5S. The normalized spacial score (nSPS) is 11.0. The van der Waals surface area contributed by atoms with Gasteiger partial charge in [0.2, 0.25) is 15.9 Å². The van der Waals surface area contributed by atoms with Gasteiger partial charge in [0, 0.05) is 5.69 Å². The van der Waals surface area contributed by atoms with Crippen LogP contribution in [0.2, 0.25) is 0 Å². The molecule has 27 heavy (non-hydrogen) atoms. The van der Waals surface area contributed by atoms with Gasteiger partial charge >= 0.3 is 5.97 Å². The van der Waals surface area contributed by atoms with Gasteiger partial charge in [0.05, 0.1) is 24.5 Å². The van der Waals surface area contributed by atoms with E-state index >= 15 is 0 Å². The Morgan fingerprint density at radius 2 is 1.67 bits per heavy atom. The van der Waals surface area contributed by atoms with Gasteiger partial charge in [0.1, 0.15) is 0 Å². The first kappa shape index (κ1) is 20.6. The molecule has 2 N–H and O–H groups in total. The summed E-state index contributed by atoms with van der Waals surface area (Å²) < 4.78 is 31.2. The van der Waals surface area contributed by atoms with Gasteiger partial charge in [-0.2, -0.15) is 0 Å². The second-order valence-electron chi connectivity index (χ2n) is 5.72. The number of rotatable bonds is 9. The second-order valence-corrected chi connectivity index (χ2v) is 7.65. The molecule has 7 nitrogen and oxygen atoms in total. The van der Waals surface area contributed by atoms with Crippen molar-refractivity contribution in [3.8, 4) is 0 Å². The second kappa shape index (κ2) is 9.84.